The zero-order valence-corrected chi connectivity index (χ0v) is 6.79. The van der Waals surface area contributed by atoms with Gasteiger partial charge < -0.3 is 10.6 Å². The summed E-state index contributed by atoms with van der Waals surface area (Å²) in [6.07, 6.45) is 0. The second-order valence-corrected chi connectivity index (χ2v) is 2.78. The van der Waals surface area contributed by atoms with Gasteiger partial charge in [-0.25, -0.2) is 5.32 Å². The van der Waals surface area contributed by atoms with Gasteiger partial charge in [-0.2, -0.15) is 0 Å². The van der Waals surface area contributed by atoms with E-state index in [9.17, 15) is 4.79 Å². The topological polar surface area (TPSA) is 60.4 Å². The number of piperazine rings is 1. The monoisotopic (exact) mass is 156 g/mol. The number of hydrogen-bond acceptors (Lipinski definition) is 2. The highest BCUT2D eigenvalue weighted by Gasteiger charge is 2.18. The SMILES string of the molecule is CC(N)C(=O)N1CC[N]CC1. The van der Waals surface area contributed by atoms with E-state index in [1.807, 2.05) is 0 Å². The first-order valence-corrected chi connectivity index (χ1v) is 3.89. The molecular weight excluding hydrogens is 142 g/mol. The van der Waals surface area contributed by atoms with E-state index >= 15 is 0 Å². The molecule has 1 amide bonds. The van der Waals surface area contributed by atoms with Gasteiger partial charge >= 0.3 is 0 Å². The lowest BCUT2D eigenvalue weighted by atomic mass is 10.2. The Balaban J connectivity index is 2.39. The Morgan fingerprint density at radius 3 is 2.55 bits per heavy atom. The molecule has 0 saturated carbocycles. The summed E-state index contributed by atoms with van der Waals surface area (Å²) in [6, 6.07) is -0.368. The summed E-state index contributed by atoms with van der Waals surface area (Å²) in [5, 5.41) is 4.13. The molecule has 11 heavy (non-hydrogen) atoms. The second-order valence-electron chi connectivity index (χ2n) is 2.78. The molecule has 1 rings (SSSR count). The maximum absolute atomic E-state index is 11.3. The standard InChI is InChI=1S/C7H14N3O/c1-6(8)7(11)10-4-2-9-3-5-10/h6H,2-5,8H2,1H3. The van der Waals surface area contributed by atoms with Crippen LogP contribution in [0.1, 0.15) is 6.92 Å². The largest absolute Gasteiger partial charge is 0.339 e. The molecule has 1 heterocycles. The van der Waals surface area contributed by atoms with Crippen molar-refractivity contribution in [3.8, 4) is 0 Å². The molecule has 1 saturated heterocycles. The molecule has 2 N–H and O–H groups in total. The highest BCUT2D eigenvalue weighted by molar-refractivity contribution is 5.81. The van der Waals surface area contributed by atoms with Crippen molar-refractivity contribution in [1.82, 2.24) is 10.2 Å². The van der Waals surface area contributed by atoms with Crippen LogP contribution >= 0.6 is 0 Å². The van der Waals surface area contributed by atoms with Gasteiger partial charge in [0.15, 0.2) is 0 Å². The fraction of sp³-hybridized carbons (Fsp3) is 0.857. The molecule has 63 valence electrons. The van der Waals surface area contributed by atoms with Gasteiger partial charge in [0.2, 0.25) is 5.91 Å². The van der Waals surface area contributed by atoms with E-state index in [0.29, 0.717) is 0 Å². The van der Waals surface area contributed by atoms with E-state index in [1.54, 1.807) is 11.8 Å². The first-order valence-electron chi connectivity index (χ1n) is 3.89. The zero-order valence-electron chi connectivity index (χ0n) is 6.79. The van der Waals surface area contributed by atoms with Crippen LogP contribution < -0.4 is 11.1 Å². The molecule has 1 fully saturated rings. The van der Waals surface area contributed by atoms with Gasteiger partial charge in [0.25, 0.3) is 0 Å². The van der Waals surface area contributed by atoms with E-state index in [0.717, 1.165) is 26.2 Å². The summed E-state index contributed by atoms with van der Waals surface area (Å²) in [5.74, 6) is 0.0416. The van der Waals surface area contributed by atoms with Crippen molar-refractivity contribution in [3.05, 3.63) is 0 Å². The van der Waals surface area contributed by atoms with E-state index in [1.165, 1.54) is 0 Å². The second kappa shape index (κ2) is 3.69. The van der Waals surface area contributed by atoms with Crippen LogP contribution in [-0.2, 0) is 4.79 Å². The predicted molar refractivity (Wildman–Crippen MR) is 42.1 cm³/mol. The molecular formula is C7H14N3O. The van der Waals surface area contributed by atoms with Gasteiger partial charge in [-0.1, -0.05) is 0 Å². The van der Waals surface area contributed by atoms with Crippen LogP contribution in [0.4, 0.5) is 0 Å². The van der Waals surface area contributed by atoms with Crippen molar-refractivity contribution < 1.29 is 4.79 Å². The van der Waals surface area contributed by atoms with E-state index in [2.05, 4.69) is 5.32 Å². The van der Waals surface area contributed by atoms with Crippen molar-refractivity contribution in [2.24, 2.45) is 5.73 Å². The Kier molecular flexibility index (Phi) is 2.84. The van der Waals surface area contributed by atoms with Gasteiger partial charge in [0, 0.05) is 26.2 Å². The Morgan fingerprint density at radius 1 is 1.55 bits per heavy atom. The number of hydrogen-bond donors (Lipinski definition) is 1. The quantitative estimate of drug-likeness (QED) is 0.517. The maximum atomic E-state index is 11.3. The first-order chi connectivity index (χ1) is 5.22. The summed E-state index contributed by atoms with van der Waals surface area (Å²) in [5.41, 5.74) is 5.44. The maximum Gasteiger partial charge on any atom is 0.239 e. The third-order valence-electron chi connectivity index (χ3n) is 1.76. The fourth-order valence-electron chi connectivity index (χ4n) is 1.11. The molecule has 0 aromatic heterocycles. The molecule has 1 aliphatic rings. The zero-order chi connectivity index (χ0) is 8.27. The molecule has 0 bridgehead atoms. The van der Waals surface area contributed by atoms with E-state index < -0.39 is 0 Å². The average Bonchev–Trinajstić information content (AvgIpc) is 2.05. The normalized spacial score (nSPS) is 21.5. The summed E-state index contributed by atoms with van der Waals surface area (Å²) < 4.78 is 0. The molecule has 1 radical (unpaired) electrons. The molecule has 0 spiro atoms. The van der Waals surface area contributed by atoms with Crippen molar-refractivity contribution in [1.29, 1.82) is 0 Å². The van der Waals surface area contributed by atoms with Crippen LogP contribution in [0.3, 0.4) is 0 Å². The van der Waals surface area contributed by atoms with Gasteiger partial charge in [-0.15, -0.1) is 0 Å². The Hall–Kier alpha value is -0.610. The van der Waals surface area contributed by atoms with Crippen LogP contribution in [0.25, 0.3) is 0 Å². The molecule has 1 unspecified atom stereocenters. The van der Waals surface area contributed by atoms with E-state index in [-0.39, 0.29) is 11.9 Å². The van der Waals surface area contributed by atoms with Crippen molar-refractivity contribution in [2.75, 3.05) is 26.2 Å². The predicted octanol–water partition coefficient (Wildman–Crippen LogP) is -1.22. The lowest BCUT2D eigenvalue weighted by molar-refractivity contribution is -0.132. The number of rotatable bonds is 1. The minimum Gasteiger partial charge on any atom is -0.339 e. The Morgan fingerprint density at radius 2 is 2.09 bits per heavy atom. The molecule has 1 atom stereocenters. The van der Waals surface area contributed by atoms with Crippen LogP contribution in [0.5, 0.6) is 0 Å². The van der Waals surface area contributed by atoms with Crippen LogP contribution in [0.15, 0.2) is 0 Å². The minimum absolute atomic E-state index is 0.0416. The fourth-order valence-corrected chi connectivity index (χ4v) is 1.11. The minimum atomic E-state index is -0.368. The highest BCUT2D eigenvalue weighted by atomic mass is 16.2. The molecule has 0 aliphatic carbocycles. The number of carbonyl (C=O) groups excluding carboxylic acids is 1. The van der Waals surface area contributed by atoms with Crippen LogP contribution in [0.2, 0.25) is 0 Å². The first kappa shape index (κ1) is 8.49. The number of amides is 1. The molecule has 0 aromatic rings. The van der Waals surface area contributed by atoms with Gasteiger partial charge in [0.05, 0.1) is 6.04 Å². The third kappa shape index (κ3) is 2.17. The smallest absolute Gasteiger partial charge is 0.239 e. The lowest BCUT2D eigenvalue weighted by Crippen LogP contribution is -2.49. The summed E-state index contributed by atoms with van der Waals surface area (Å²) in [7, 11) is 0. The molecule has 1 aliphatic heterocycles. The molecule has 4 heteroatoms. The Labute approximate surface area is 66.7 Å². The average molecular weight is 156 g/mol. The van der Waals surface area contributed by atoms with Crippen molar-refractivity contribution in [2.45, 2.75) is 13.0 Å². The van der Waals surface area contributed by atoms with Crippen molar-refractivity contribution in [3.63, 3.8) is 0 Å². The van der Waals surface area contributed by atoms with Gasteiger partial charge in [-0.05, 0) is 6.92 Å². The Bertz CT molecular complexity index is 141. The summed E-state index contributed by atoms with van der Waals surface area (Å²) in [4.78, 5) is 13.0. The van der Waals surface area contributed by atoms with Gasteiger partial charge in [-0.3, -0.25) is 4.79 Å². The number of nitrogens with zero attached hydrogens (tertiary/aromatic N) is 2. The number of carbonyl (C=O) groups is 1. The lowest BCUT2D eigenvalue weighted by Gasteiger charge is -2.27. The highest BCUT2D eigenvalue weighted by Crippen LogP contribution is 1.95. The van der Waals surface area contributed by atoms with E-state index in [4.69, 9.17) is 5.73 Å². The molecule has 4 nitrogen and oxygen atoms in total. The number of nitrogens with two attached hydrogens (primary N) is 1. The van der Waals surface area contributed by atoms with Crippen LogP contribution in [0, 0.1) is 0 Å². The van der Waals surface area contributed by atoms with Crippen LogP contribution in [-0.4, -0.2) is 43.0 Å². The molecule has 0 aromatic carbocycles. The van der Waals surface area contributed by atoms with Gasteiger partial charge in [0.1, 0.15) is 0 Å². The summed E-state index contributed by atoms with van der Waals surface area (Å²) >= 11 is 0. The third-order valence-corrected chi connectivity index (χ3v) is 1.76. The summed E-state index contributed by atoms with van der Waals surface area (Å²) in [6.45, 7) is 4.71. The van der Waals surface area contributed by atoms with Crippen molar-refractivity contribution >= 4 is 5.91 Å².